The van der Waals surface area contributed by atoms with Gasteiger partial charge in [0, 0.05) is 12.0 Å². The van der Waals surface area contributed by atoms with Crippen LogP contribution in [0.4, 0.5) is 26.3 Å². The second-order valence-corrected chi connectivity index (χ2v) is 9.64. The molecule has 2 rings (SSSR count). The Morgan fingerprint density at radius 1 is 1.00 bits per heavy atom. The number of rotatable bonds is 7. The van der Waals surface area contributed by atoms with E-state index in [1.165, 1.54) is 0 Å². The number of benzene rings is 2. The molecule has 2 aromatic carbocycles. The minimum absolute atomic E-state index is 0.0818. The zero-order chi connectivity index (χ0) is 26.1. The molecule has 186 valence electrons. The van der Waals surface area contributed by atoms with E-state index in [0.29, 0.717) is 12.1 Å². The summed E-state index contributed by atoms with van der Waals surface area (Å²) in [5, 5.41) is -0.520. The molecule has 0 radical (unpaired) electrons. The van der Waals surface area contributed by atoms with Crippen LogP contribution in [-0.2, 0) is 6.18 Å². The van der Waals surface area contributed by atoms with E-state index in [9.17, 15) is 31.1 Å². The van der Waals surface area contributed by atoms with Crippen LogP contribution >= 0.6 is 34.8 Å². The summed E-state index contributed by atoms with van der Waals surface area (Å²) in [4.78, 5) is 12.5. The topological polar surface area (TPSA) is 43.1 Å². The van der Waals surface area contributed by atoms with Crippen LogP contribution in [0.5, 0.6) is 0 Å². The number of nitrogens with two attached hydrogens (primary N) is 1. The van der Waals surface area contributed by atoms with Gasteiger partial charge in [0.15, 0.2) is 5.78 Å². The van der Waals surface area contributed by atoms with Crippen LogP contribution in [-0.4, -0.2) is 18.5 Å². The normalized spacial score (nSPS) is 14.0. The summed E-state index contributed by atoms with van der Waals surface area (Å²) in [5.74, 6) is -2.99. The van der Waals surface area contributed by atoms with Gasteiger partial charge in [-0.3, -0.25) is 4.79 Å². The van der Waals surface area contributed by atoms with Crippen LogP contribution in [0.15, 0.2) is 36.4 Å². The standard InChI is InChI=1S/C23H20Cl3F6NO/c1-21(2,11-33)10-19(34)14-5-3-12(7-16(14)23(30,31)32)4-6-15(22(27,28)29)13-8-17(24)20(26)18(25)9-13/h3-9,15H,10-11,33H2,1-2H3/b6-4+. The molecule has 34 heavy (non-hydrogen) atoms. The van der Waals surface area contributed by atoms with Gasteiger partial charge in [0.25, 0.3) is 0 Å². The first-order valence-corrected chi connectivity index (χ1v) is 10.9. The van der Waals surface area contributed by atoms with E-state index in [-0.39, 0.29) is 39.2 Å². The number of hydrogen-bond donors (Lipinski definition) is 1. The van der Waals surface area contributed by atoms with Gasteiger partial charge >= 0.3 is 12.4 Å². The SMILES string of the molecule is CC(C)(CN)CC(=O)c1ccc(/C=C/C(c2cc(Cl)c(Cl)c(Cl)c2)C(F)(F)F)cc1C(F)(F)F. The predicted molar refractivity (Wildman–Crippen MR) is 123 cm³/mol. The third kappa shape index (κ3) is 7.13. The summed E-state index contributed by atoms with van der Waals surface area (Å²) in [6.07, 6.45) is -8.35. The van der Waals surface area contributed by atoms with Gasteiger partial charge in [-0.1, -0.05) is 72.9 Å². The Morgan fingerprint density at radius 2 is 1.56 bits per heavy atom. The number of alkyl halides is 6. The summed E-state index contributed by atoms with van der Waals surface area (Å²) in [6.45, 7) is 3.36. The Hall–Kier alpha value is -1.74. The van der Waals surface area contributed by atoms with Crippen molar-refractivity contribution in [2.45, 2.75) is 38.5 Å². The zero-order valence-electron chi connectivity index (χ0n) is 17.9. The highest BCUT2D eigenvalue weighted by Gasteiger charge is 2.40. The number of ketones is 1. The second-order valence-electron chi connectivity index (χ2n) is 8.45. The minimum Gasteiger partial charge on any atom is -0.330 e. The molecule has 1 unspecified atom stereocenters. The molecule has 0 aromatic heterocycles. The lowest BCUT2D eigenvalue weighted by Gasteiger charge is -2.22. The van der Waals surface area contributed by atoms with Gasteiger partial charge in [-0.15, -0.1) is 0 Å². The molecule has 0 saturated carbocycles. The van der Waals surface area contributed by atoms with Crippen molar-refractivity contribution in [3.63, 3.8) is 0 Å². The fourth-order valence-corrected chi connectivity index (χ4v) is 3.73. The molecule has 0 saturated heterocycles. The van der Waals surface area contributed by atoms with Crippen LogP contribution in [0, 0.1) is 5.41 Å². The summed E-state index contributed by atoms with van der Waals surface area (Å²) in [7, 11) is 0. The Labute approximate surface area is 207 Å². The smallest absolute Gasteiger partial charge is 0.330 e. The van der Waals surface area contributed by atoms with Crippen molar-refractivity contribution < 1.29 is 31.1 Å². The largest absolute Gasteiger partial charge is 0.417 e. The molecule has 0 heterocycles. The van der Waals surface area contributed by atoms with Crippen molar-refractivity contribution >= 4 is 46.7 Å². The first kappa shape index (κ1) is 28.5. The molecule has 0 fully saturated rings. The number of Topliss-reactive ketones (excluding diaryl/α,β-unsaturated/α-hetero) is 1. The Morgan fingerprint density at radius 3 is 2.03 bits per heavy atom. The van der Waals surface area contributed by atoms with Crippen LogP contribution in [0.2, 0.25) is 15.1 Å². The van der Waals surface area contributed by atoms with Crippen molar-refractivity contribution in [2.24, 2.45) is 11.1 Å². The first-order valence-electron chi connectivity index (χ1n) is 9.80. The molecule has 0 aliphatic carbocycles. The van der Waals surface area contributed by atoms with Crippen molar-refractivity contribution in [3.8, 4) is 0 Å². The Kier molecular flexibility index (Phi) is 8.78. The minimum atomic E-state index is -4.90. The molecule has 11 heteroatoms. The van der Waals surface area contributed by atoms with Gasteiger partial charge in [-0.05, 0) is 41.3 Å². The van der Waals surface area contributed by atoms with E-state index >= 15 is 0 Å². The highest BCUT2D eigenvalue weighted by Crippen LogP contribution is 2.41. The van der Waals surface area contributed by atoms with E-state index in [0.717, 1.165) is 30.3 Å². The van der Waals surface area contributed by atoms with Gasteiger partial charge in [0.2, 0.25) is 0 Å². The summed E-state index contributed by atoms with van der Waals surface area (Å²) in [5.41, 5.74) is 2.50. The fraction of sp³-hybridized carbons (Fsp3) is 0.348. The van der Waals surface area contributed by atoms with E-state index in [2.05, 4.69) is 0 Å². The maximum atomic E-state index is 13.7. The fourth-order valence-electron chi connectivity index (χ4n) is 3.12. The zero-order valence-corrected chi connectivity index (χ0v) is 20.2. The molecule has 2 aromatic rings. The molecule has 0 aliphatic rings. The highest BCUT2D eigenvalue weighted by atomic mass is 35.5. The van der Waals surface area contributed by atoms with Gasteiger partial charge in [-0.2, -0.15) is 26.3 Å². The lowest BCUT2D eigenvalue weighted by Crippen LogP contribution is -2.27. The molecule has 1 atom stereocenters. The van der Waals surface area contributed by atoms with Crippen LogP contribution in [0.25, 0.3) is 6.08 Å². The van der Waals surface area contributed by atoms with Gasteiger partial charge in [0.1, 0.15) is 0 Å². The van der Waals surface area contributed by atoms with Crippen molar-refractivity contribution in [2.75, 3.05) is 6.54 Å². The molecular formula is C23H20Cl3F6NO. The van der Waals surface area contributed by atoms with Gasteiger partial charge < -0.3 is 5.73 Å². The maximum absolute atomic E-state index is 13.7. The first-order chi connectivity index (χ1) is 15.5. The van der Waals surface area contributed by atoms with Gasteiger partial charge in [-0.25, -0.2) is 0 Å². The summed E-state index contributed by atoms with van der Waals surface area (Å²) in [6, 6.07) is 4.70. The number of carbonyl (C=O) groups is 1. The number of allylic oxidation sites excluding steroid dienone is 1. The number of halogens is 9. The quantitative estimate of drug-likeness (QED) is 0.215. The lowest BCUT2D eigenvalue weighted by molar-refractivity contribution is -0.139. The summed E-state index contributed by atoms with van der Waals surface area (Å²) < 4.78 is 82.1. The average Bonchev–Trinajstić information content (AvgIpc) is 2.70. The van der Waals surface area contributed by atoms with Crippen molar-refractivity contribution in [1.82, 2.24) is 0 Å². The predicted octanol–water partition coefficient (Wildman–Crippen LogP) is 8.58. The van der Waals surface area contributed by atoms with Crippen LogP contribution < -0.4 is 5.73 Å². The Balaban J connectivity index is 2.50. The third-order valence-corrected chi connectivity index (χ3v) is 6.24. The van der Waals surface area contributed by atoms with Crippen molar-refractivity contribution in [3.05, 3.63) is 73.7 Å². The molecule has 2 N–H and O–H groups in total. The van der Waals surface area contributed by atoms with E-state index in [1.807, 2.05) is 0 Å². The molecule has 0 aliphatic heterocycles. The van der Waals surface area contributed by atoms with E-state index in [4.69, 9.17) is 40.5 Å². The molecular weight excluding hydrogens is 527 g/mol. The Bertz CT molecular complexity index is 1070. The maximum Gasteiger partial charge on any atom is 0.417 e. The molecule has 2 nitrogen and oxygen atoms in total. The number of carbonyl (C=O) groups excluding carboxylic acids is 1. The lowest BCUT2D eigenvalue weighted by atomic mass is 9.84. The van der Waals surface area contributed by atoms with Crippen LogP contribution in [0.3, 0.4) is 0 Å². The van der Waals surface area contributed by atoms with E-state index in [1.54, 1.807) is 13.8 Å². The van der Waals surface area contributed by atoms with Gasteiger partial charge in [0.05, 0.1) is 26.5 Å². The second kappa shape index (κ2) is 10.5. The average molecular weight is 547 g/mol. The summed E-state index contributed by atoms with van der Waals surface area (Å²) >= 11 is 17.5. The highest BCUT2D eigenvalue weighted by molar-refractivity contribution is 6.48. The van der Waals surface area contributed by atoms with Crippen molar-refractivity contribution in [1.29, 1.82) is 0 Å². The monoisotopic (exact) mass is 545 g/mol. The molecule has 0 amide bonds. The van der Waals surface area contributed by atoms with E-state index < -0.39 is 40.6 Å². The number of hydrogen-bond acceptors (Lipinski definition) is 2. The van der Waals surface area contributed by atoms with Crippen LogP contribution in [0.1, 0.15) is 53.2 Å². The molecule has 0 spiro atoms. The molecule has 0 bridgehead atoms. The third-order valence-electron chi connectivity index (χ3n) is 5.04.